The van der Waals surface area contributed by atoms with E-state index >= 15 is 0 Å². The van der Waals surface area contributed by atoms with E-state index in [-0.39, 0.29) is 18.0 Å². The van der Waals surface area contributed by atoms with Crippen LogP contribution in [0.2, 0.25) is 0 Å². The Bertz CT molecular complexity index is 584. The molecule has 0 unspecified atom stereocenters. The molecule has 124 valence electrons. The number of allylic oxidation sites excluding steroid dienone is 2. The van der Waals surface area contributed by atoms with Crippen molar-refractivity contribution in [2.24, 2.45) is 0 Å². The average molecular weight is 315 g/mol. The summed E-state index contributed by atoms with van der Waals surface area (Å²) in [5, 5.41) is 0. The predicted molar refractivity (Wildman–Crippen MR) is 92.7 cm³/mol. The van der Waals surface area contributed by atoms with E-state index in [1.807, 2.05) is 36.4 Å². The van der Waals surface area contributed by atoms with Gasteiger partial charge in [-0.1, -0.05) is 30.3 Å². The van der Waals surface area contributed by atoms with Crippen molar-refractivity contribution in [3.8, 4) is 0 Å². The summed E-state index contributed by atoms with van der Waals surface area (Å²) in [7, 11) is 0. The van der Waals surface area contributed by atoms with Crippen LogP contribution in [0.5, 0.6) is 0 Å². The molecular formula is C19H25NO3. The highest BCUT2D eigenvalue weighted by Gasteiger charge is 2.15. The fraction of sp³-hybridized carbons (Fsp3) is 0.368. The first-order valence-corrected chi connectivity index (χ1v) is 7.95. The molecule has 0 heterocycles. The van der Waals surface area contributed by atoms with Gasteiger partial charge in [0.25, 0.3) is 0 Å². The molecule has 1 aromatic carbocycles. The molecular weight excluding hydrogens is 290 g/mol. The van der Waals surface area contributed by atoms with E-state index in [9.17, 15) is 9.59 Å². The summed E-state index contributed by atoms with van der Waals surface area (Å²) in [5.74, 6) is -0.880. The Morgan fingerprint density at radius 3 is 2.13 bits per heavy atom. The third-order valence-electron chi connectivity index (χ3n) is 3.46. The Balaban J connectivity index is 3.29. The maximum Gasteiger partial charge on any atom is 0.341 e. The highest BCUT2D eigenvalue weighted by atomic mass is 16.5. The number of nitrogens with zero attached hydrogens (tertiary/aromatic N) is 1. The number of ether oxygens (including phenoxy) is 1. The second kappa shape index (κ2) is 9.62. The van der Waals surface area contributed by atoms with Gasteiger partial charge in [0.15, 0.2) is 5.78 Å². The molecule has 4 heteroatoms. The Hall–Kier alpha value is -2.36. The van der Waals surface area contributed by atoms with E-state index in [1.165, 1.54) is 6.92 Å². The maximum absolute atomic E-state index is 11.9. The van der Waals surface area contributed by atoms with Crippen molar-refractivity contribution in [1.29, 1.82) is 0 Å². The number of esters is 1. The highest BCUT2D eigenvalue weighted by molar-refractivity contribution is 6.16. The second-order valence-corrected chi connectivity index (χ2v) is 4.95. The first-order chi connectivity index (χ1) is 11.0. The number of hydrogen-bond donors (Lipinski definition) is 0. The normalized spacial score (nSPS) is 12.0. The minimum absolute atomic E-state index is 0.0624. The smallest absolute Gasteiger partial charge is 0.341 e. The molecule has 0 bridgehead atoms. The number of carbonyl (C=O) groups is 2. The fourth-order valence-electron chi connectivity index (χ4n) is 2.26. The zero-order valence-electron chi connectivity index (χ0n) is 14.3. The van der Waals surface area contributed by atoms with E-state index < -0.39 is 5.97 Å². The molecule has 4 nitrogen and oxygen atoms in total. The molecule has 0 aliphatic carbocycles. The average Bonchev–Trinajstić information content (AvgIpc) is 2.55. The molecule has 0 aliphatic rings. The molecule has 0 aliphatic heterocycles. The quantitative estimate of drug-likeness (QED) is 0.242. The van der Waals surface area contributed by atoms with Crippen LogP contribution in [0.4, 0.5) is 0 Å². The van der Waals surface area contributed by atoms with Crippen molar-refractivity contribution in [2.45, 2.75) is 27.7 Å². The topological polar surface area (TPSA) is 46.6 Å². The first kappa shape index (κ1) is 18.7. The van der Waals surface area contributed by atoms with Gasteiger partial charge in [0.2, 0.25) is 0 Å². The number of hydrogen-bond acceptors (Lipinski definition) is 4. The number of Topliss-reactive ketones (excluding diaryl/α,β-unsaturated/α-hetero) is 1. The van der Waals surface area contributed by atoms with Crippen molar-refractivity contribution in [2.75, 3.05) is 19.7 Å². The lowest BCUT2D eigenvalue weighted by molar-refractivity contribution is -0.139. The first-order valence-electron chi connectivity index (χ1n) is 7.95. The molecule has 0 radical (unpaired) electrons. The summed E-state index contributed by atoms with van der Waals surface area (Å²) in [6, 6.07) is 9.91. The number of carbonyl (C=O) groups excluding carboxylic acids is 2. The molecule has 0 atom stereocenters. The second-order valence-electron chi connectivity index (χ2n) is 4.95. The number of benzene rings is 1. The molecule has 0 amide bonds. The molecule has 1 rings (SSSR count). The van der Waals surface area contributed by atoms with Gasteiger partial charge >= 0.3 is 5.97 Å². The van der Waals surface area contributed by atoms with Crippen molar-refractivity contribution < 1.29 is 14.3 Å². The van der Waals surface area contributed by atoms with Crippen molar-refractivity contribution >= 4 is 17.4 Å². The van der Waals surface area contributed by atoms with Gasteiger partial charge in [0.1, 0.15) is 5.57 Å². The van der Waals surface area contributed by atoms with Crippen molar-refractivity contribution in [3.63, 3.8) is 0 Å². The minimum Gasteiger partial charge on any atom is -0.462 e. The summed E-state index contributed by atoms with van der Waals surface area (Å²) < 4.78 is 4.95. The summed E-state index contributed by atoms with van der Waals surface area (Å²) in [5.41, 5.74) is 2.07. The molecule has 0 aromatic heterocycles. The molecule has 0 spiro atoms. The van der Waals surface area contributed by atoms with Crippen molar-refractivity contribution in [1.82, 2.24) is 4.90 Å². The van der Waals surface area contributed by atoms with Crippen LogP contribution in [0, 0.1) is 0 Å². The Morgan fingerprint density at radius 1 is 1.04 bits per heavy atom. The molecule has 23 heavy (non-hydrogen) atoms. The van der Waals surface area contributed by atoms with E-state index in [0.29, 0.717) is 0 Å². The van der Waals surface area contributed by atoms with Gasteiger partial charge < -0.3 is 9.64 Å². The standard InChI is InChI=1S/C19H25NO3/c1-5-20(6-2)18(16-11-9-8-10-12-16)14-13-17(15(4)21)19(22)23-7-3/h8-14H,5-7H2,1-4H3/b17-13+,18-14+. The molecule has 0 fully saturated rings. The molecule has 0 saturated carbocycles. The third-order valence-corrected chi connectivity index (χ3v) is 3.46. The van der Waals surface area contributed by atoms with E-state index in [4.69, 9.17) is 4.74 Å². The largest absolute Gasteiger partial charge is 0.462 e. The van der Waals surface area contributed by atoms with Gasteiger partial charge in [-0.25, -0.2) is 4.79 Å². The van der Waals surface area contributed by atoms with Crippen LogP contribution >= 0.6 is 0 Å². The van der Waals surface area contributed by atoms with E-state index in [2.05, 4.69) is 18.7 Å². The predicted octanol–water partition coefficient (Wildman–Crippen LogP) is 3.45. The minimum atomic E-state index is -0.580. The Morgan fingerprint density at radius 2 is 1.65 bits per heavy atom. The SMILES string of the molecule is CCOC(=O)/C(=C/C=C(\c1ccccc1)N(CC)CC)C(C)=O. The van der Waals surface area contributed by atoms with Crippen LogP contribution in [0.25, 0.3) is 5.70 Å². The lowest BCUT2D eigenvalue weighted by Gasteiger charge is -2.24. The number of ketones is 1. The summed E-state index contributed by atoms with van der Waals surface area (Å²) in [6.45, 7) is 9.14. The molecule has 0 N–H and O–H groups in total. The third kappa shape index (κ3) is 5.40. The van der Waals surface area contributed by atoms with Gasteiger partial charge in [-0.3, -0.25) is 4.79 Å². The summed E-state index contributed by atoms with van der Waals surface area (Å²) >= 11 is 0. The van der Waals surface area contributed by atoms with Crippen LogP contribution in [0.3, 0.4) is 0 Å². The van der Waals surface area contributed by atoms with Crippen LogP contribution in [0.15, 0.2) is 48.1 Å². The lowest BCUT2D eigenvalue weighted by atomic mass is 10.1. The van der Waals surface area contributed by atoms with Gasteiger partial charge in [-0.2, -0.15) is 0 Å². The van der Waals surface area contributed by atoms with Crippen LogP contribution in [0.1, 0.15) is 33.3 Å². The van der Waals surface area contributed by atoms with E-state index in [1.54, 1.807) is 13.0 Å². The van der Waals surface area contributed by atoms with Gasteiger partial charge in [-0.05, 0) is 45.4 Å². The molecule has 1 aromatic rings. The van der Waals surface area contributed by atoms with Gasteiger partial charge in [0.05, 0.1) is 6.61 Å². The summed E-state index contributed by atoms with van der Waals surface area (Å²) in [6.07, 6.45) is 3.37. The Kier molecular flexibility index (Phi) is 7.81. The maximum atomic E-state index is 11.9. The monoisotopic (exact) mass is 315 g/mol. The zero-order chi connectivity index (χ0) is 17.2. The molecule has 0 saturated heterocycles. The Labute approximate surface area is 138 Å². The van der Waals surface area contributed by atoms with Crippen LogP contribution in [-0.4, -0.2) is 36.3 Å². The lowest BCUT2D eigenvalue weighted by Crippen LogP contribution is -2.21. The zero-order valence-corrected chi connectivity index (χ0v) is 14.3. The summed E-state index contributed by atoms with van der Waals surface area (Å²) in [4.78, 5) is 25.8. The number of rotatable bonds is 8. The van der Waals surface area contributed by atoms with Gasteiger partial charge in [0, 0.05) is 18.8 Å². The highest BCUT2D eigenvalue weighted by Crippen LogP contribution is 2.19. The van der Waals surface area contributed by atoms with E-state index in [0.717, 1.165) is 24.4 Å². The fourth-order valence-corrected chi connectivity index (χ4v) is 2.26. The van der Waals surface area contributed by atoms with Crippen LogP contribution < -0.4 is 0 Å². The van der Waals surface area contributed by atoms with Gasteiger partial charge in [-0.15, -0.1) is 0 Å². The van der Waals surface area contributed by atoms with Crippen LogP contribution in [-0.2, 0) is 14.3 Å². The van der Waals surface area contributed by atoms with Crippen molar-refractivity contribution in [3.05, 3.63) is 53.6 Å².